The SMILES string of the molecule is Cc1[nH]c(=O)[nH]c(=O)c1-c1ccc(C(=O)N[C@H](CO)C2CCCCC2)cc1. The second-order valence-corrected chi connectivity index (χ2v) is 7.15. The standard InChI is InChI=1S/C20H25N3O4/c1-12-17(19(26)23-20(27)21-12)14-7-9-15(10-8-14)18(25)22-16(11-24)13-5-3-2-4-6-13/h7-10,13,16,24H,2-6,11H2,1H3,(H,22,25)(H2,21,23,26,27)/t16-/m1/s1. The number of hydrogen-bond acceptors (Lipinski definition) is 4. The van der Waals surface area contributed by atoms with Crippen molar-refractivity contribution in [1.29, 1.82) is 0 Å². The molecule has 0 radical (unpaired) electrons. The fourth-order valence-corrected chi connectivity index (χ4v) is 3.84. The van der Waals surface area contributed by atoms with Gasteiger partial charge in [-0.1, -0.05) is 31.4 Å². The molecule has 144 valence electrons. The largest absolute Gasteiger partial charge is 0.394 e. The summed E-state index contributed by atoms with van der Waals surface area (Å²) in [7, 11) is 0. The summed E-state index contributed by atoms with van der Waals surface area (Å²) in [5, 5.41) is 12.6. The van der Waals surface area contributed by atoms with Crippen LogP contribution in [-0.2, 0) is 0 Å². The van der Waals surface area contributed by atoms with Gasteiger partial charge < -0.3 is 15.4 Å². The lowest BCUT2D eigenvalue weighted by molar-refractivity contribution is 0.0871. The van der Waals surface area contributed by atoms with Crippen LogP contribution in [0.5, 0.6) is 0 Å². The van der Waals surface area contributed by atoms with Gasteiger partial charge in [0, 0.05) is 11.3 Å². The molecule has 27 heavy (non-hydrogen) atoms. The van der Waals surface area contributed by atoms with Crippen molar-refractivity contribution in [2.45, 2.75) is 45.1 Å². The number of H-pyrrole nitrogens is 2. The molecular formula is C20H25N3O4. The van der Waals surface area contributed by atoms with E-state index in [9.17, 15) is 19.5 Å². The van der Waals surface area contributed by atoms with Crippen molar-refractivity contribution in [1.82, 2.24) is 15.3 Å². The van der Waals surface area contributed by atoms with Gasteiger partial charge in [-0.2, -0.15) is 0 Å². The van der Waals surface area contributed by atoms with Crippen LogP contribution in [0, 0.1) is 12.8 Å². The van der Waals surface area contributed by atoms with Gasteiger partial charge in [-0.15, -0.1) is 0 Å². The number of aromatic nitrogens is 2. The van der Waals surface area contributed by atoms with Gasteiger partial charge in [-0.3, -0.25) is 14.6 Å². The number of aliphatic hydroxyl groups excluding tert-OH is 1. The Kier molecular flexibility index (Phi) is 5.91. The van der Waals surface area contributed by atoms with Gasteiger partial charge in [-0.25, -0.2) is 4.79 Å². The van der Waals surface area contributed by atoms with Crippen LogP contribution >= 0.6 is 0 Å². The van der Waals surface area contributed by atoms with E-state index in [0.717, 1.165) is 25.7 Å². The minimum absolute atomic E-state index is 0.0690. The number of aromatic amines is 2. The van der Waals surface area contributed by atoms with Crippen molar-refractivity contribution in [3.63, 3.8) is 0 Å². The van der Waals surface area contributed by atoms with Gasteiger partial charge >= 0.3 is 5.69 Å². The Bertz CT molecular complexity index is 908. The quantitative estimate of drug-likeness (QED) is 0.640. The summed E-state index contributed by atoms with van der Waals surface area (Å²) in [5.41, 5.74) is 0.913. The van der Waals surface area contributed by atoms with Crippen LogP contribution in [0.25, 0.3) is 11.1 Å². The summed E-state index contributed by atoms with van der Waals surface area (Å²) in [5.74, 6) is 0.0765. The normalized spacial score (nSPS) is 16.1. The lowest BCUT2D eigenvalue weighted by Crippen LogP contribution is -2.43. The number of amides is 1. The zero-order valence-electron chi connectivity index (χ0n) is 15.4. The molecule has 7 nitrogen and oxygen atoms in total. The van der Waals surface area contributed by atoms with Crippen LogP contribution in [0.3, 0.4) is 0 Å². The fraction of sp³-hybridized carbons (Fsp3) is 0.450. The van der Waals surface area contributed by atoms with Gasteiger partial charge in [0.2, 0.25) is 0 Å². The Morgan fingerprint density at radius 2 is 1.81 bits per heavy atom. The number of aryl methyl sites for hydroxylation is 1. The lowest BCUT2D eigenvalue weighted by atomic mass is 9.84. The average molecular weight is 371 g/mol. The summed E-state index contributed by atoms with van der Waals surface area (Å²) >= 11 is 0. The van der Waals surface area contributed by atoms with Gasteiger partial charge in [0.05, 0.1) is 18.2 Å². The fourth-order valence-electron chi connectivity index (χ4n) is 3.84. The van der Waals surface area contributed by atoms with Crippen molar-refractivity contribution in [2.24, 2.45) is 5.92 Å². The Morgan fingerprint density at radius 3 is 2.41 bits per heavy atom. The van der Waals surface area contributed by atoms with Crippen LogP contribution in [0.4, 0.5) is 0 Å². The predicted octanol–water partition coefficient (Wildman–Crippen LogP) is 1.71. The van der Waals surface area contributed by atoms with Gasteiger partial charge in [0.15, 0.2) is 0 Å². The van der Waals surface area contributed by atoms with Gasteiger partial charge in [-0.05, 0) is 43.4 Å². The first-order chi connectivity index (χ1) is 13.0. The molecule has 1 heterocycles. The van der Waals surface area contributed by atoms with Crippen LogP contribution in [0.2, 0.25) is 0 Å². The van der Waals surface area contributed by atoms with E-state index < -0.39 is 11.2 Å². The highest BCUT2D eigenvalue weighted by Crippen LogP contribution is 2.26. The molecule has 0 aliphatic heterocycles. The number of nitrogens with one attached hydrogen (secondary N) is 3. The van der Waals surface area contributed by atoms with Gasteiger partial charge in [0.25, 0.3) is 11.5 Å². The highest BCUT2D eigenvalue weighted by molar-refractivity contribution is 5.94. The number of carbonyl (C=O) groups is 1. The minimum atomic E-state index is -0.546. The van der Waals surface area contributed by atoms with E-state index in [-0.39, 0.29) is 18.6 Å². The molecule has 0 spiro atoms. The summed E-state index contributed by atoms with van der Waals surface area (Å²) in [6, 6.07) is 6.41. The molecule has 1 amide bonds. The molecule has 0 bridgehead atoms. The van der Waals surface area contributed by atoms with E-state index in [1.54, 1.807) is 31.2 Å². The van der Waals surface area contributed by atoms with Crippen molar-refractivity contribution >= 4 is 5.91 Å². The third-order valence-electron chi connectivity index (χ3n) is 5.30. The minimum Gasteiger partial charge on any atom is -0.394 e. The third kappa shape index (κ3) is 4.36. The summed E-state index contributed by atoms with van der Waals surface area (Å²) in [4.78, 5) is 40.7. The molecule has 1 saturated carbocycles. The first-order valence-corrected chi connectivity index (χ1v) is 9.35. The zero-order chi connectivity index (χ0) is 19.4. The summed E-state index contributed by atoms with van der Waals surface area (Å²) < 4.78 is 0. The van der Waals surface area contributed by atoms with Crippen molar-refractivity contribution in [3.8, 4) is 11.1 Å². The number of hydrogen-bond donors (Lipinski definition) is 4. The first kappa shape index (κ1) is 19.1. The molecule has 0 unspecified atom stereocenters. The molecule has 1 aromatic carbocycles. The molecule has 7 heteroatoms. The van der Waals surface area contributed by atoms with Crippen LogP contribution < -0.4 is 16.6 Å². The molecule has 3 rings (SSSR count). The maximum Gasteiger partial charge on any atom is 0.325 e. The molecule has 1 atom stereocenters. The zero-order valence-corrected chi connectivity index (χ0v) is 15.4. The highest BCUT2D eigenvalue weighted by Gasteiger charge is 2.24. The topological polar surface area (TPSA) is 115 Å². The monoisotopic (exact) mass is 371 g/mol. The number of rotatable bonds is 5. The molecular weight excluding hydrogens is 346 g/mol. The molecule has 1 aliphatic carbocycles. The van der Waals surface area contributed by atoms with E-state index in [1.165, 1.54) is 6.42 Å². The second kappa shape index (κ2) is 8.35. The number of aliphatic hydroxyl groups is 1. The van der Waals surface area contributed by atoms with E-state index >= 15 is 0 Å². The Morgan fingerprint density at radius 1 is 1.15 bits per heavy atom. The van der Waals surface area contributed by atoms with Crippen LogP contribution in [-0.4, -0.2) is 33.6 Å². The Hall–Kier alpha value is -2.67. The third-order valence-corrected chi connectivity index (χ3v) is 5.30. The lowest BCUT2D eigenvalue weighted by Gasteiger charge is -2.29. The maximum absolute atomic E-state index is 12.5. The molecule has 1 aliphatic rings. The molecule has 2 aromatic rings. The first-order valence-electron chi connectivity index (χ1n) is 9.35. The highest BCUT2D eigenvalue weighted by atomic mass is 16.3. The predicted molar refractivity (Wildman–Crippen MR) is 103 cm³/mol. The van der Waals surface area contributed by atoms with Crippen molar-refractivity contribution < 1.29 is 9.90 Å². The maximum atomic E-state index is 12.5. The van der Waals surface area contributed by atoms with E-state index in [1.807, 2.05) is 0 Å². The van der Waals surface area contributed by atoms with E-state index in [4.69, 9.17) is 0 Å². The van der Waals surface area contributed by atoms with Crippen LogP contribution in [0.1, 0.15) is 48.2 Å². The van der Waals surface area contributed by atoms with Gasteiger partial charge in [0.1, 0.15) is 0 Å². The molecule has 4 N–H and O–H groups in total. The molecule has 0 saturated heterocycles. The second-order valence-electron chi connectivity index (χ2n) is 7.15. The van der Waals surface area contributed by atoms with Crippen LogP contribution in [0.15, 0.2) is 33.9 Å². The molecule has 1 fully saturated rings. The van der Waals surface area contributed by atoms with E-state index in [2.05, 4.69) is 15.3 Å². The average Bonchev–Trinajstić information content (AvgIpc) is 2.66. The van der Waals surface area contributed by atoms with Crippen molar-refractivity contribution in [3.05, 3.63) is 56.4 Å². The van der Waals surface area contributed by atoms with Crippen molar-refractivity contribution in [2.75, 3.05) is 6.61 Å². The number of carbonyl (C=O) groups excluding carboxylic acids is 1. The number of benzene rings is 1. The summed E-state index contributed by atoms with van der Waals surface area (Å²) in [6.07, 6.45) is 5.54. The van der Waals surface area contributed by atoms with E-state index in [0.29, 0.717) is 28.3 Å². The Balaban J connectivity index is 1.76. The smallest absolute Gasteiger partial charge is 0.325 e. The summed E-state index contributed by atoms with van der Waals surface area (Å²) in [6.45, 7) is 1.59. The molecule has 1 aromatic heterocycles. The Labute approximate surface area is 156 Å².